The summed E-state index contributed by atoms with van der Waals surface area (Å²) in [6.45, 7) is 0.0742. The van der Waals surface area contributed by atoms with Crippen molar-refractivity contribution < 1.29 is 19.4 Å². The molecule has 9 heteroatoms. The Labute approximate surface area is 141 Å². The Balaban J connectivity index is 2.19. The summed E-state index contributed by atoms with van der Waals surface area (Å²) >= 11 is 6.87. The first kappa shape index (κ1) is 17.0. The molecule has 0 aliphatic heterocycles. The minimum absolute atomic E-state index is 0.0588. The third-order valence-electron chi connectivity index (χ3n) is 2.82. The summed E-state index contributed by atoms with van der Waals surface area (Å²) < 4.78 is 9.41. The lowest BCUT2D eigenvalue weighted by molar-refractivity contribution is 0.0693. The maximum absolute atomic E-state index is 11.7. The van der Waals surface area contributed by atoms with Crippen LogP contribution in [0.25, 0.3) is 0 Å². The molecule has 0 unspecified atom stereocenters. The van der Waals surface area contributed by atoms with Crippen LogP contribution in [0.2, 0.25) is 5.02 Å². The number of rotatable bonds is 5. The summed E-state index contributed by atoms with van der Waals surface area (Å²) in [5.41, 5.74) is 0.523. The number of ether oxygens (including phenoxy) is 1. The van der Waals surface area contributed by atoms with Gasteiger partial charge in [-0.05, 0) is 17.6 Å². The number of carboxylic acids is 1. The van der Waals surface area contributed by atoms with E-state index in [9.17, 15) is 14.7 Å². The molecule has 2 rings (SSSR count). The SMILES string of the molecule is CN(C)C(=O)Nc1snc(OCc2ccccc2Cl)c1C(=O)O. The molecule has 7 nitrogen and oxygen atoms in total. The van der Waals surface area contributed by atoms with Gasteiger partial charge in [0.1, 0.15) is 11.6 Å². The average molecular weight is 356 g/mol. The van der Waals surface area contributed by atoms with Crippen molar-refractivity contribution in [2.45, 2.75) is 6.61 Å². The van der Waals surface area contributed by atoms with Crippen LogP contribution in [0.4, 0.5) is 9.80 Å². The van der Waals surface area contributed by atoms with Gasteiger partial charge in [-0.1, -0.05) is 29.8 Å². The Morgan fingerprint density at radius 1 is 1.39 bits per heavy atom. The zero-order valence-corrected chi connectivity index (χ0v) is 13.9. The Kier molecular flexibility index (Phi) is 5.41. The zero-order chi connectivity index (χ0) is 17.0. The molecule has 1 heterocycles. The number of carbonyl (C=O) groups is 2. The number of aromatic carboxylic acids is 1. The van der Waals surface area contributed by atoms with Crippen LogP contribution in [0.3, 0.4) is 0 Å². The van der Waals surface area contributed by atoms with E-state index in [1.807, 2.05) is 0 Å². The largest absolute Gasteiger partial charge is 0.477 e. The minimum Gasteiger partial charge on any atom is -0.477 e. The average Bonchev–Trinajstić information content (AvgIpc) is 2.89. The van der Waals surface area contributed by atoms with E-state index >= 15 is 0 Å². The summed E-state index contributed by atoms with van der Waals surface area (Å²) in [4.78, 5) is 24.4. The molecule has 0 bridgehead atoms. The van der Waals surface area contributed by atoms with Crippen molar-refractivity contribution in [2.75, 3.05) is 19.4 Å². The molecule has 0 saturated carbocycles. The number of nitrogens with zero attached hydrogens (tertiary/aromatic N) is 2. The number of anilines is 1. The first-order valence-electron chi connectivity index (χ1n) is 6.47. The van der Waals surface area contributed by atoms with Gasteiger partial charge in [-0.3, -0.25) is 5.32 Å². The van der Waals surface area contributed by atoms with Gasteiger partial charge in [-0.2, -0.15) is 4.37 Å². The van der Waals surface area contributed by atoms with Gasteiger partial charge in [0.25, 0.3) is 0 Å². The number of amides is 2. The number of carboxylic acid groups (broad SMARTS) is 1. The van der Waals surface area contributed by atoms with Crippen molar-refractivity contribution in [1.29, 1.82) is 0 Å². The molecule has 1 aromatic heterocycles. The molecule has 0 spiro atoms. The van der Waals surface area contributed by atoms with E-state index in [0.29, 0.717) is 10.6 Å². The Morgan fingerprint density at radius 3 is 2.70 bits per heavy atom. The fourth-order valence-electron chi connectivity index (χ4n) is 1.62. The first-order valence-corrected chi connectivity index (χ1v) is 7.62. The van der Waals surface area contributed by atoms with E-state index < -0.39 is 12.0 Å². The maximum atomic E-state index is 11.7. The maximum Gasteiger partial charge on any atom is 0.344 e. The van der Waals surface area contributed by atoms with Crippen LogP contribution in [-0.2, 0) is 6.61 Å². The van der Waals surface area contributed by atoms with E-state index in [0.717, 1.165) is 11.5 Å². The van der Waals surface area contributed by atoms with Crippen LogP contribution in [-0.4, -0.2) is 40.5 Å². The fraction of sp³-hybridized carbons (Fsp3) is 0.214. The molecule has 0 saturated heterocycles. The second-order valence-corrected chi connectivity index (χ2v) is 5.88. The number of nitrogens with one attached hydrogen (secondary N) is 1. The molecule has 0 aliphatic rings. The van der Waals surface area contributed by atoms with E-state index in [-0.39, 0.29) is 23.1 Å². The van der Waals surface area contributed by atoms with Gasteiger partial charge in [0.2, 0.25) is 5.88 Å². The number of hydrogen-bond donors (Lipinski definition) is 2. The van der Waals surface area contributed by atoms with Crippen LogP contribution in [0.15, 0.2) is 24.3 Å². The van der Waals surface area contributed by atoms with Crippen molar-refractivity contribution in [3.8, 4) is 5.88 Å². The van der Waals surface area contributed by atoms with Gasteiger partial charge in [0.05, 0.1) is 0 Å². The Morgan fingerprint density at radius 2 is 2.09 bits per heavy atom. The highest BCUT2D eigenvalue weighted by atomic mass is 35.5. The third kappa shape index (κ3) is 4.11. The quantitative estimate of drug-likeness (QED) is 0.859. The van der Waals surface area contributed by atoms with Crippen LogP contribution >= 0.6 is 23.1 Å². The van der Waals surface area contributed by atoms with Gasteiger partial charge >= 0.3 is 12.0 Å². The number of aromatic nitrogens is 1. The van der Waals surface area contributed by atoms with Gasteiger partial charge in [0, 0.05) is 24.7 Å². The van der Waals surface area contributed by atoms with Crippen molar-refractivity contribution in [1.82, 2.24) is 9.27 Å². The van der Waals surface area contributed by atoms with Crippen molar-refractivity contribution in [3.63, 3.8) is 0 Å². The second-order valence-electron chi connectivity index (χ2n) is 4.70. The topological polar surface area (TPSA) is 91.8 Å². The molecular weight excluding hydrogens is 342 g/mol. The van der Waals surface area contributed by atoms with Crippen LogP contribution < -0.4 is 10.1 Å². The molecular formula is C14H14ClN3O4S. The van der Waals surface area contributed by atoms with Crippen molar-refractivity contribution >= 4 is 40.1 Å². The van der Waals surface area contributed by atoms with E-state index in [1.54, 1.807) is 38.4 Å². The Hall–Kier alpha value is -2.32. The molecule has 0 atom stereocenters. The normalized spacial score (nSPS) is 10.2. The molecule has 0 radical (unpaired) electrons. The van der Waals surface area contributed by atoms with Crippen LogP contribution in [0.5, 0.6) is 5.88 Å². The molecule has 23 heavy (non-hydrogen) atoms. The zero-order valence-electron chi connectivity index (χ0n) is 12.4. The number of benzene rings is 1. The molecule has 122 valence electrons. The van der Waals surface area contributed by atoms with Crippen molar-refractivity contribution in [2.24, 2.45) is 0 Å². The second kappa shape index (κ2) is 7.30. The smallest absolute Gasteiger partial charge is 0.344 e. The molecule has 0 fully saturated rings. The van der Waals surface area contributed by atoms with E-state index in [1.165, 1.54) is 4.90 Å². The number of urea groups is 1. The fourth-order valence-corrected chi connectivity index (χ4v) is 2.53. The lowest BCUT2D eigenvalue weighted by Crippen LogP contribution is -2.27. The highest BCUT2D eigenvalue weighted by Crippen LogP contribution is 2.31. The monoisotopic (exact) mass is 355 g/mol. The van der Waals surface area contributed by atoms with Crippen molar-refractivity contribution in [3.05, 3.63) is 40.4 Å². The van der Waals surface area contributed by atoms with Crippen LogP contribution in [0, 0.1) is 0 Å². The lowest BCUT2D eigenvalue weighted by atomic mass is 10.2. The molecule has 2 aromatic rings. The summed E-state index contributed by atoms with van der Waals surface area (Å²) in [7, 11) is 3.09. The van der Waals surface area contributed by atoms with E-state index in [4.69, 9.17) is 16.3 Å². The number of hydrogen-bond acceptors (Lipinski definition) is 5. The van der Waals surface area contributed by atoms with Gasteiger partial charge in [0.15, 0.2) is 5.56 Å². The van der Waals surface area contributed by atoms with Gasteiger partial charge < -0.3 is 14.7 Å². The standard InChI is InChI=1S/C14H14ClN3O4S/c1-18(2)14(21)16-12-10(13(19)20)11(17-23-12)22-7-8-5-3-4-6-9(8)15/h3-6H,7H2,1-2H3,(H,16,21)(H,19,20). The van der Waals surface area contributed by atoms with E-state index in [2.05, 4.69) is 9.69 Å². The lowest BCUT2D eigenvalue weighted by Gasteiger charge is -2.11. The molecule has 2 N–H and O–H groups in total. The molecule has 1 aromatic carbocycles. The predicted molar refractivity (Wildman–Crippen MR) is 87.6 cm³/mol. The predicted octanol–water partition coefficient (Wildman–Crippen LogP) is 3.17. The number of halogens is 1. The third-order valence-corrected chi connectivity index (χ3v) is 3.94. The highest BCUT2D eigenvalue weighted by Gasteiger charge is 2.24. The van der Waals surface area contributed by atoms with Crippen LogP contribution in [0.1, 0.15) is 15.9 Å². The molecule has 2 amide bonds. The summed E-state index contributed by atoms with van der Waals surface area (Å²) in [6, 6.07) is 6.61. The summed E-state index contributed by atoms with van der Waals surface area (Å²) in [6.07, 6.45) is 0. The summed E-state index contributed by atoms with van der Waals surface area (Å²) in [5.74, 6) is -1.29. The van der Waals surface area contributed by atoms with Gasteiger partial charge in [-0.25, -0.2) is 9.59 Å². The van der Waals surface area contributed by atoms with Gasteiger partial charge in [-0.15, -0.1) is 0 Å². The first-order chi connectivity index (χ1) is 10.9. The highest BCUT2D eigenvalue weighted by molar-refractivity contribution is 7.11. The molecule has 0 aliphatic carbocycles. The number of carbonyl (C=O) groups excluding carboxylic acids is 1. The Bertz CT molecular complexity index is 733. The minimum atomic E-state index is -1.23. The summed E-state index contributed by atoms with van der Waals surface area (Å²) in [5, 5.41) is 12.4.